The zero-order chi connectivity index (χ0) is 22.1. The van der Waals surface area contributed by atoms with Gasteiger partial charge in [0.25, 0.3) is 17.4 Å². The Morgan fingerprint density at radius 1 is 1.10 bits per heavy atom. The van der Waals surface area contributed by atoms with Crippen molar-refractivity contribution >= 4 is 28.8 Å². The number of amides is 1. The molecule has 1 aliphatic rings. The Morgan fingerprint density at radius 3 is 2.32 bits per heavy atom. The van der Waals surface area contributed by atoms with Crippen molar-refractivity contribution < 1.29 is 24.0 Å². The van der Waals surface area contributed by atoms with Crippen molar-refractivity contribution in [2.24, 2.45) is 0 Å². The number of nitro groups is 1. The van der Waals surface area contributed by atoms with Gasteiger partial charge in [-0.25, -0.2) is 0 Å². The monoisotopic (exact) mass is 415 g/mol. The van der Waals surface area contributed by atoms with Gasteiger partial charge in [-0.15, -0.1) is 0 Å². The van der Waals surface area contributed by atoms with Crippen molar-refractivity contribution in [1.29, 1.82) is 5.26 Å². The van der Waals surface area contributed by atoms with Gasteiger partial charge in [0.1, 0.15) is 17.6 Å². The normalized spacial score (nSPS) is 17.5. The van der Waals surface area contributed by atoms with Crippen molar-refractivity contribution in [2.75, 3.05) is 4.90 Å². The summed E-state index contributed by atoms with van der Waals surface area (Å²) < 4.78 is 5.44. The van der Waals surface area contributed by atoms with Gasteiger partial charge in [0.05, 0.1) is 28.4 Å². The van der Waals surface area contributed by atoms with Crippen molar-refractivity contribution in [1.82, 2.24) is 0 Å². The first kappa shape index (κ1) is 19.6. The largest absolute Gasteiger partial charge is 0.507 e. The van der Waals surface area contributed by atoms with E-state index in [1.54, 1.807) is 12.1 Å². The lowest BCUT2D eigenvalue weighted by Crippen LogP contribution is -2.29. The SMILES string of the molecule is N#Cc1ccc(N2C(=O)C(=O)/C(=C(\O)c3ccc([N+](=O)[O-])cc3)C2c2ccco2)cc1. The van der Waals surface area contributed by atoms with Gasteiger partial charge in [0, 0.05) is 23.4 Å². The van der Waals surface area contributed by atoms with Gasteiger partial charge in [0.15, 0.2) is 0 Å². The summed E-state index contributed by atoms with van der Waals surface area (Å²) in [5.74, 6) is -2.05. The van der Waals surface area contributed by atoms with Crippen molar-refractivity contribution in [3.05, 3.63) is 99.5 Å². The first-order valence-electron chi connectivity index (χ1n) is 9.01. The summed E-state index contributed by atoms with van der Waals surface area (Å²) >= 11 is 0. The van der Waals surface area contributed by atoms with Crippen LogP contribution in [0.1, 0.15) is 22.9 Å². The molecule has 1 saturated heterocycles. The minimum Gasteiger partial charge on any atom is -0.507 e. The minimum atomic E-state index is -1.06. The molecule has 1 N–H and O–H groups in total. The molecule has 9 heteroatoms. The number of nitrogens with zero attached hydrogens (tertiary/aromatic N) is 3. The third kappa shape index (κ3) is 3.32. The van der Waals surface area contributed by atoms with Gasteiger partial charge in [-0.05, 0) is 48.5 Å². The number of aliphatic hydroxyl groups is 1. The highest BCUT2D eigenvalue weighted by atomic mass is 16.6. The maximum atomic E-state index is 12.9. The second kappa shape index (κ2) is 7.61. The number of ketones is 1. The molecule has 2 aromatic carbocycles. The number of carbonyl (C=O) groups is 2. The van der Waals surface area contributed by atoms with E-state index in [2.05, 4.69) is 0 Å². The molecule has 4 rings (SSSR count). The Morgan fingerprint density at radius 2 is 1.77 bits per heavy atom. The Balaban J connectivity index is 1.87. The number of nitro benzene ring substituents is 1. The molecule has 31 heavy (non-hydrogen) atoms. The summed E-state index contributed by atoms with van der Waals surface area (Å²) in [5, 5.41) is 30.8. The van der Waals surface area contributed by atoms with Crippen molar-refractivity contribution in [3.63, 3.8) is 0 Å². The van der Waals surface area contributed by atoms with E-state index in [0.717, 1.165) is 0 Å². The molecule has 2 heterocycles. The predicted molar refractivity (Wildman–Crippen MR) is 108 cm³/mol. The lowest BCUT2D eigenvalue weighted by molar-refractivity contribution is -0.384. The van der Waals surface area contributed by atoms with E-state index < -0.39 is 28.4 Å². The summed E-state index contributed by atoms with van der Waals surface area (Å²) in [5.41, 5.74) is 0.460. The quantitative estimate of drug-likeness (QED) is 0.225. The summed E-state index contributed by atoms with van der Waals surface area (Å²) in [7, 11) is 0. The van der Waals surface area contributed by atoms with E-state index in [1.807, 2.05) is 6.07 Å². The average molecular weight is 415 g/mol. The molecule has 3 aromatic rings. The van der Waals surface area contributed by atoms with Gasteiger partial charge in [0.2, 0.25) is 0 Å². The van der Waals surface area contributed by atoms with Crippen LogP contribution in [-0.4, -0.2) is 21.7 Å². The molecule has 1 aromatic heterocycles. The van der Waals surface area contributed by atoms with Crippen molar-refractivity contribution in [2.45, 2.75) is 6.04 Å². The number of hydrogen-bond acceptors (Lipinski definition) is 7. The number of aliphatic hydroxyl groups excluding tert-OH is 1. The minimum absolute atomic E-state index is 0.139. The van der Waals surface area contributed by atoms with Crippen LogP contribution in [-0.2, 0) is 9.59 Å². The Bertz CT molecular complexity index is 1250. The van der Waals surface area contributed by atoms with Gasteiger partial charge in [-0.2, -0.15) is 5.26 Å². The zero-order valence-electron chi connectivity index (χ0n) is 15.8. The number of hydrogen-bond donors (Lipinski definition) is 1. The third-order valence-corrected chi connectivity index (χ3v) is 4.88. The summed E-state index contributed by atoms with van der Waals surface area (Å²) in [6.45, 7) is 0. The molecule has 0 radical (unpaired) electrons. The predicted octanol–water partition coefficient (Wildman–Crippen LogP) is 3.69. The third-order valence-electron chi connectivity index (χ3n) is 4.88. The lowest BCUT2D eigenvalue weighted by Gasteiger charge is -2.23. The number of nitriles is 1. The second-order valence-corrected chi connectivity index (χ2v) is 6.65. The Labute approximate surface area is 175 Å². The van der Waals surface area contributed by atoms with E-state index in [4.69, 9.17) is 9.68 Å². The molecule has 1 fully saturated rings. The molecule has 9 nitrogen and oxygen atoms in total. The molecule has 0 spiro atoms. The highest BCUT2D eigenvalue weighted by Crippen LogP contribution is 2.42. The number of benzene rings is 2. The first-order chi connectivity index (χ1) is 14.9. The number of anilines is 1. The Kier molecular flexibility index (Phi) is 4.81. The van der Waals surface area contributed by atoms with Crippen LogP contribution in [0, 0.1) is 21.4 Å². The fraction of sp³-hybridized carbons (Fsp3) is 0.0455. The van der Waals surface area contributed by atoms with E-state index in [-0.39, 0.29) is 22.6 Å². The number of carbonyl (C=O) groups excluding carboxylic acids is 2. The Hall–Kier alpha value is -4.71. The average Bonchev–Trinajstić information content (AvgIpc) is 3.40. The second-order valence-electron chi connectivity index (χ2n) is 6.65. The molecular formula is C22H13N3O6. The van der Waals surface area contributed by atoms with Crippen LogP contribution in [0.2, 0.25) is 0 Å². The van der Waals surface area contributed by atoms with E-state index in [1.165, 1.54) is 59.7 Å². The van der Waals surface area contributed by atoms with Gasteiger partial charge in [-0.3, -0.25) is 24.6 Å². The maximum Gasteiger partial charge on any atom is 0.300 e. The summed E-state index contributed by atoms with van der Waals surface area (Å²) in [6.07, 6.45) is 1.38. The van der Waals surface area contributed by atoms with Crippen LogP contribution < -0.4 is 4.90 Å². The molecule has 1 amide bonds. The smallest absolute Gasteiger partial charge is 0.300 e. The fourth-order valence-electron chi connectivity index (χ4n) is 3.41. The molecule has 1 unspecified atom stereocenters. The standard InChI is InChI=1S/C22H13N3O6/c23-12-13-3-7-15(8-4-13)24-19(17-2-1-11-31-17)18(21(27)22(24)28)20(26)14-5-9-16(10-6-14)25(29)30/h1-11,19,26H/b20-18-. The van der Waals surface area contributed by atoms with Gasteiger partial charge in [-0.1, -0.05) is 0 Å². The molecule has 1 atom stereocenters. The highest BCUT2D eigenvalue weighted by Gasteiger charge is 2.48. The zero-order valence-corrected chi connectivity index (χ0v) is 15.8. The van der Waals surface area contributed by atoms with Crippen LogP contribution in [0.3, 0.4) is 0 Å². The molecule has 0 aliphatic carbocycles. The lowest BCUT2D eigenvalue weighted by atomic mass is 9.99. The highest BCUT2D eigenvalue weighted by molar-refractivity contribution is 6.51. The van der Waals surface area contributed by atoms with Gasteiger partial charge < -0.3 is 9.52 Å². The molecule has 1 aliphatic heterocycles. The van der Waals surface area contributed by atoms with Crippen LogP contribution in [0.25, 0.3) is 5.76 Å². The van der Waals surface area contributed by atoms with Crippen LogP contribution in [0.15, 0.2) is 76.9 Å². The van der Waals surface area contributed by atoms with E-state index in [0.29, 0.717) is 11.3 Å². The topological polar surface area (TPSA) is 138 Å². The molecule has 152 valence electrons. The van der Waals surface area contributed by atoms with Crippen LogP contribution in [0.4, 0.5) is 11.4 Å². The summed E-state index contributed by atoms with van der Waals surface area (Å²) in [6, 6.07) is 15.1. The first-order valence-corrected chi connectivity index (χ1v) is 9.01. The number of non-ortho nitro benzene ring substituents is 1. The molecule has 0 bridgehead atoms. The number of rotatable bonds is 4. The van der Waals surface area contributed by atoms with Crippen LogP contribution in [0.5, 0.6) is 0 Å². The van der Waals surface area contributed by atoms with Crippen LogP contribution >= 0.6 is 0 Å². The van der Waals surface area contributed by atoms with Crippen molar-refractivity contribution in [3.8, 4) is 6.07 Å². The maximum absolute atomic E-state index is 12.9. The number of Topliss-reactive ketones (excluding diaryl/α,β-unsaturated/α-hetero) is 1. The number of furan rings is 1. The van der Waals surface area contributed by atoms with E-state index >= 15 is 0 Å². The van der Waals surface area contributed by atoms with E-state index in [9.17, 15) is 24.8 Å². The summed E-state index contributed by atoms with van der Waals surface area (Å²) in [4.78, 5) is 37.3. The fourth-order valence-corrected chi connectivity index (χ4v) is 3.41. The molecular weight excluding hydrogens is 402 g/mol. The molecule has 0 saturated carbocycles. The van der Waals surface area contributed by atoms with Gasteiger partial charge >= 0.3 is 0 Å².